The van der Waals surface area contributed by atoms with Crippen molar-refractivity contribution in [2.24, 2.45) is 11.8 Å². The number of carbonyl (C=O) groups excluding carboxylic acids is 4. The lowest BCUT2D eigenvalue weighted by Gasteiger charge is -2.29. The first-order valence-corrected chi connectivity index (χ1v) is 20.9. The molecule has 0 saturated carbocycles. The number of amides is 3. The van der Waals surface area contributed by atoms with E-state index in [0.29, 0.717) is 31.6 Å². The van der Waals surface area contributed by atoms with Gasteiger partial charge in [0.1, 0.15) is 17.7 Å². The molecule has 1 saturated heterocycles. The summed E-state index contributed by atoms with van der Waals surface area (Å²) in [6, 6.07) is 21.5. The Morgan fingerprint density at radius 1 is 0.803 bits per heavy atom. The molecule has 3 N–H and O–H groups in total. The van der Waals surface area contributed by atoms with Crippen LogP contribution in [0.1, 0.15) is 74.4 Å². The van der Waals surface area contributed by atoms with Gasteiger partial charge in [0.05, 0.1) is 73.8 Å². The number of H-pyrrole nitrogens is 2. The van der Waals surface area contributed by atoms with Gasteiger partial charge in [-0.3, -0.25) is 24.3 Å². The van der Waals surface area contributed by atoms with Gasteiger partial charge >= 0.3 is 12.1 Å². The number of imidazole rings is 2. The van der Waals surface area contributed by atoms with Crippen LogP contribution in [0.5, 0.6) is 0 Å². The van der Waals surface area contributed by atoms with Crippen LogP contribution in [-0.2, 0) is 36.7 Å². The Morgan fingerprint density at radius 2 is 1.49 bits per heavy atom. The van der Waals surface area contributed by atoms with Gasteiger partial charge in [0.2, 0.25) is 11.8 Å². The molecule has 0 bridgehead atoms. The highest BCUT2D eigenvalue weighted by Gasteiger charge is 2.43. The fourth-order valence-electron chi connectivity index (χ4n) is 9.19. The fourth-order valence-corrected chi connectivity index (χ4v) is 9.19. The number of pyridine rings is 1. The van der Waals surface area contributed by atoms with E-state index in [-0.39, 0.29) is 42.2 Å². The Morgan fingerprint density at radius 3 is 2.20 bits per heavy atom. The van der Waals surface area contributed by atoms with E-state index in [1.807, 2.05) is 55.4 Å². The molecule has 3 aliphatic heterocycles. The number of rotatable bonds is 10. The Balaban J connectivity index is 0.895. The lowest BCUT2D eigenvalue weighted by molar-refractivity contribution is -0.148. The van der Waals surface area contributed by atoms with Crippen molar-refractivity contribution in [2.75, 3.05) is 25.7 Å². The monoisotopic (exact) mass is 820 g/mol. The number of nitrogens with one attached hydrogen (secondary N) is 3. The second-order valence-corrected chi connectivity index (χ2v) is 16.5. The summed E-state index contributed by atoms with van der Waals surface area (Å²) >= 11 is 0. The molecule has 0 unspecified atom stereocenters. The van der Waals surface area contributed by atoms with Crippen LogP contribution >= 0.6 is 0 Å². The number of benzene rings is 3. The quantitative estimate of drug-likeness (QED) is 0.118. The molecular weight excluding hydrogens is 773 g/mol. The topological polar surface area (TPSA) is 175 Å². The number of methoxy groups -OCH3 is 2. The van der Waals surface area contributed by atoms with Crippen LogP contribution in [0.15, 0.2) is 85.3 Å². The third-order valence-corrected chi connectivity index (χ3v) is 12.5. The van der Waals surface area contributed by atoms with Crippen LogP contribution in [0.4, 0.5) is 10.5 Å². The lowest BCUT2D eigenvalue weighted by atomic mass is 9.91. The average Bonchev–Trinajstić information content (AvgIpc) is 4.11. The smallest absolute Gasteiger partial charge is 0.407 e. The molecule has 3 aliphatic rings. The Bertz CT molecular complexity index is 2650. The van der Waals surface area contributed by atoms with Crippen molar-refractivity contribution >= 4 is 40.3 Å². The zero-order valence-electron chi connectivity index (χ0n) is 34.6. The average molecular weight is 821 g/mol. The minimum atomic E-state index is -0.709. The largest absolute Gasteiger partial charge is 0.469 e. The van der Waals surface area contributed by atoms with Crippen LogP contribution in [0.25, 0.3) is 44.5 Å². The second kappa shape index (κ2) is 16.3. The zero-order valence-corrected chi connectivity index (χ0v) is 34.6. The summed E-state index contributed by atoms with van der Waals surface area (Å²) in [6.45, 7) is 4.55. The molecule has 9 rings (SSSR count). The Kier molecular flexibility index (Phi) is 10.6. The minimum Gasteiger partial charge on any atom is -0.469 e. The van der Waals surface area contributed by atoms with Gasteiger partial charge in [0, 0.05) is 35.9 Å². The van der Waals surface area contributed by atoms with Crippen molar-refractivity contribution in [3.05, 3.63) is 108 Å². The molecule has 14 nitrogen and oxygen atoms in total. The number of anilines is 1. The van der Waals surface area contributed by atoms with Gasteiger partial charge in [-0.15, -0.1) is 0 Å². The number of nitrogens with zero attached hydrogens (tertiary/aromatic N) is 5. The predicted octanol–water partition coefficient (Wildman–Crippen LogP) is 7.48. The normalized spacial score (nSPS) is 18.9. The number of alkyl carbamates (subject to hydrolysis) is 1. The van der Waals surface area contributed by atoms with Gasteiger partial charge in [0.15, 0.2) is 0 Å². The van der Waals surface area contributed by atoms with Gasteiger partial charge in [0.25, 0.3) is 0 Å². The highest BCUT2D eigenvalue weighted by atomic mass is 16.5. The summed E-state index contributed by atoms with van der Waals surface area (Å²) in [5.41, 5.74) is 8.38. The van der Waals surface area contributed by atoms with Crippen molar-refractivity contribution < 1.29 is 28.7 Å². The molecule has 1 fully saturated rings. The van der Waals surface area contributed by atoms with Crippen molar-refractivity contribution in [3.63, 3.8) is 0 Å². The van der Waals surface area contributed by atoms with E-state index in [1.54, 1.807) is 11.1 Å². The summed E-state index contributed by atoms with van der Waals surface area (Å²) in [7, 11) is 2.65. The molecule has 3 aromatic carbocycles. The molecular formula is C47H48N8O6. The zero-order chi connectivity index (χ0) is 42.4. The van der Waals surface area contributed by atoms with Gasteiger partial charge < -0.3 is 29.7 Å². The van der Waals surface area contributed by atoms with Crippen molar-refractivity contribution in [2.45, 2.75) is 70.5 Å². The number of hydrogen-bond acceptors (Lipinski definition) is 9. The number of ether oxygens (including phenoxy) is 2. The third kappa shape index (κ3) is 7.51. The predicted molar refractivity (Wildman–Crippen MR) is 229 cm³/mol. The van der Waals surface area contributed by atoms with E-state index in [0.717, 1.165) is 80.0 Å². The Hall–Kier alpha value is -6.83. The van der Waals surface area contributed by atoms with E-state index in [2.05, 4.69) is 57.7 Å². The van der Waals surface area contributed by atoms with Crippen LogP contribution in [0.2, 0.25) is 0 Å². The van der Waals surface area contributed by atoms with Crippen LogP contribution in [-0.4, -0.2) is 80.5 Å². The van der Waals surface area contributed by atoms with E-state index in [1.165, 1.54) is 14.2 Å². The third-order valence-electron chi connectivity index (χ3n) is 12.5. The number of para-hydroxylation sites is 1. The van der Waals surface area contributed by atoms with Gasteiger partial charge in [-0.25, -0.2) is 14.8 Å². The van der Waals surface area contributed by atoms with Crippen molar-refractivity contribution in [1.82, 2.24) is 35.1 Å². The maximum absolute atomic E-state index is 13.9. The van der Waals surface area contributed by atoms with Crippen molar-refractivity contribution in [3.8, 4) is 33.8 Å². The SMILES string of the molecule is COC(=O)C[C@H](C(=O)N1CCC[C@H]1c1ncc(-c2ccc3cc(-c4ccc(-c5cnc([C@@H]6Cc7cccc8c7N6C(=O)[C@@H](NC(=O)OC)CC8)[nH]5)cn4)ccc3c2)[nH]1)C(C)C. The first kappa shape index (κ1) is 39.6. The van der Waals surface area contributed by atoms with Crippen LogP contribution < -0.4 is 10.2 Å². The first-order valence-electron chi connectivity index (χ1n) is 20.9. The molecule has 0 spiro atoms. The van der Waals surface area contributed by atoms with Crippen LogP contribution in [0.3, 0.4) is 0 Å². The van der Waals surface area contributed by atoms with Crippen LogP contribution in [0, 0.1) is 11.8 Å². The molecule has 61 heavy (non-hydrogen) atoms. The van der Waals surface area contributed by atoms with Gasteiger partial charge in [-0.2, -0.15) is 0 Å². The maximum Gasteiger partial charge on any atom is 0.407 e. The standard InChI is InChI=1S/C47H48N8O6/c1-26(2)34(22-41(56)60-3)45(57)54-18-6-9-39(54)43-49-24-37(51-43)31-13-11-28-19-30(12-10-29(28)20-31)35-16-15-33(23-48-35)38-25-50-44(52-38)40-21-32-8-5-7-27-14-17-36(53-47(59)61-4)46(58)55(40)42(27)32/h5,7-8,10-13,15-16,19-20,23-26,34,36,39-40H,6,9,14,17-18,21-22H2,1-4H3,(H,49,51)(H,50,52)(H,53,59)/t34-,36-,39-,40-/m0/s1. The second-order valence-electron chi connectivity index (χ2n) is 16.5. The number of hydrogen-bond donors (Lipinski definition) is 3. The molecule has 0 aliphatic carbocycles. The molecule has 6 aromatic rings. The number of likely N-dealkylation sites (tertiary alicyclic amines) is 1. The summed E-state index contributed by atoms with van der Waals surface area (Å²) in [5.74, 6) is 0.373. The molecule has 0 radical (unpaired) electrons. The molecule has 3 aromatic heterocycles. The van der Waals surface area contributed by atoms with E-state index in [4.69, 9.17) is 24.4 Å². The van der Waals surface area contributed by atoms with E-state index in [9.17, 15) is 19.2 Å². The van der Waals surface area contributed by atoms with E-state index >= 15 is 0 Å². The highest BCUT2D eigenvalue weighted by Crippen LogP contribution is 2.45. The number of aromatic nitrogens is 5. The number of carbonyl (C=O) groups is 4. The number of esters is 1. The molecule has 6 heterocycles. The number of aryl methyl sites for hydroxylation is 1. The van der Waals surface area contributed by atoms with E-state index < -0.39 is 18.1 Å². The first-order chi connectivity index (χ1) is 29.6. The molecule has 312 valence electrons. The number of fused-ring (bicyclic) bond motifs is 1. The Labute approximate surface area is 353 Å². The molecule has 3 amide bonds. The van der Waals surface area contributed by atoms with Gasteiger partial charge in [-0.05, 0) is 77.8 Å². The summed E-state index contributed by atoms with van der Waals surface area (Å²) in [6.07, 6.45) is 8.28. The molecule has 4 atom stereocenters. The summed E-state index contributed by atoms with van der Waals surface area (Å²) < 4.78 is 9.70. The number of aromatic amines is 2. The summed E-state index contributed by atoms with van der Waals surface area (Å²) in [5, 5.41) is 4.86. The summed E-state index contributed by atoms with van der Waals surface area (Å²) in [4.78, 5) is 76.8. The van der Waals surface area contributed by atoms with Crippen molar-refractivity contribution in [1.29, 1.82) is 0 Å². The minimum absolute atomic E-state index is 0.000646. The highest BCUT2D eigenvalue weighted by molar-refractivity contribution is 6.02. The van der Waals surface area contributed by atoms with Gasteiger partial charge in [-0.1, -0.05) is 56.3 Å². The lowest BCUT2D eigenvalue weighted by Crippen LogP contribution is -2.48. The maximum atomic E-state index is 13.9. The fraction of sp³-hybridized carbons (Fsp3) is 0.340. The molecule has 14 heteroatoms.